The lowest BCUT2D eigenvalue weighted by Gasteiger charge is -2.17. The highest BCUT2D eigenvalue weighted by Gasteiger charge is 2.20. The molecule has 3 N–H and O–H groups in total. The van der Waals surface area contributed by atoms with Gasteiger partial charge in [0.15, 0.2) is 0 Å². The molecular formula is C19H19F2N5O4. The van der Waals surface area contributed by atoms with E-state index in [9.17, 15) is 23.5 Å². The Bertz CT molecular complexity index is 1070. The van der Waals surface area contributed by atoms with Crippen molar-refractivity contribution in [3.05, 3.63) is 58.6 Å². The second-order valence-corrected chi connectivity index (χ2v) is 7.01. The number of ether oxygens (including phenoxy) is 1. The first kappa shape index (κ1) is 21.1. The number of rotatable bonds is 7. The van der Waals surface area contributed by atoms with Gasteiger partial charge in [0.05, 0.1) is 17.5 Å². The minimum Gasteiger partial charge on any atom is -0.435 e. The summed E-state index contributed by atoms with van der Waals surface area (Å²) < 4.78 is 30.0. The Morgan fingerprint density at radius 3 is 2.60 bits per heavy atom. The van der Waals surface area contributed by atoms with E-state index in [-0.39, 0.29) is 23.6 Å². The van der Waals surface area contributed by atoms with Crippen molar-refractivity contribution in [2.45, 2.75) is 26.1 Å². The summed E-state index contributed by atoms with van der Waals surface area (Å²) in [6.07, 6.45) is 2.78. The molecule has 0 aliphatic carbocycles. The lowest BCUT2D eigenvalue weighted by Crippen LogP contribution is -2.41. The van der Waals surface area contributed by atoms with Crippen molar-refractivity contribution in [3.63, 3.8) is 0 Å². The molecule has 1 amide bonds. The maximum atomic E-state index is 12.8. The smallest absolute Gasteiger partial charge is 0.387 e. The van der Waals surface area contributed by atoms with Crippen LogP contribution in [0.5, 0.6) is 5.75 Å². The lowest BCUT2D eigenvalue weighted by atomic mass is 10.1. The summed E-state index contributed by atoms with van der Waals surface area (Å²) in [5, 5.41) is 22.9. The highest BCUT2D eigenvalue weighted by Crippen LogP contribution is 2.22. The molecule has 3 aromatic rings. The quantitative estimate of drug-likeness (QED) is 0.536. The van der Waals surface area contributed by atoms with Gasteiger partial charge in [0.1, 0.15) is 17.0 Å². The van der Waals surface area contributed by atoms with Crippen LogP contribution in [0, 0.1) is 0 Å². The molecule has 0 saturated carbocycles. The van der Waals surface area contributed by atoms with Crippen LogP contribution in [0.1, 0.15) is 24.2 Å². The fourth-order valence-corrected chi connectivity index (χ4v) is 2.53. The number of carbonyl (C=O) groups is 1. The Hall–Kier alpha value is -3.60. The number of amides is 1. The van der Waals surface area contributed by atoms with E-state index in [2.05, 4.69) is 25.3 Å². The van der Waals surface area contributed by atoms with E-state index in [1.165, 1.54) is 56.6 Å². The predicted octanol–water partition coefficient (Wildman–Crippen LogP) is 1.72. The molecule has 0 spiro atoms. The van der Waals surface area contributed by atoms with Crippen LogP contribution < -0.4 is 15.6 Å². The van der Waals surface area contributed by atoms with Crippen molar-refractivity contribution in [2.24, 2.45) is 0 Å². The van der Waals surface area contributed by atoms with Crippen LogP contribution in [-0.2, 0) is 0 Å². The van der Waals surface area contributed by atoms with Gasteiger partial charge >= 0.3 is 6.61 Å². The average molecular weight is 419 g/mol. The fourth-order valence-electron chi connectivity index (χ4n) is 2.53. The molecule has 2 heterocycles. The van der Waals surface area contributed by atoms with E-state index in [1.54, 1.807) is 0 Å². The highest BCUT2D eigenvalue weighted by molar-refractivity contribution is 5.94. The Morgan fingerprint density at radius 2 is 2.03 bits per heavy atom. The first-order valence-corrected chi connectivity index (χ1v) is 8.83. The van der Waals surface area contributed by atoms with E-state index in [1.807, 2.05) is 0 Å². The van der Waals surface area contributed by atoms with Crippen LogP contribution in [0.25, 0.3) is 16.9 Å². The molecule has 0 fully saturated rings. The third-order valence-corrected chi connectivity index (χ3v) is 3.94. The van der Waals surface area contributed by atoms with Gasteiger partial charge in [-0.15, -0.1) is 0 Å². The monoisotopic (exact) mass is 419 g/mol. The van der Waals surface area contributed by atoms with E-state index < -0.39 is 23.7 Å². The number of alkyl halides is 2. The first-order valence-electron chi connectivity index (χ1n) is 8.83. The molecule has 30 heavy (non-hydrogen) atoms. The van der Waals surface area contributed by atoms with E-state index in [4.69, 9.17) is 0 Å². The Labute approximate surface area is 169 Å². The van der Waals surface area contributed by atoms with Crippen molar-refractivity contribution in [1.29, 1.82) is 0 Å². The van der Waals surface area contributed by atoms with Gasteiger partial charge in [-0.05, 0) is 44.2 Å². The number of nitrogens with zero attached hydrogens (tertiary/aromatic N) is 3. The molecule has 0 unspecified atom stereocenters. The van der Waals surface area contributed by atoms with E-state index in [0.29, 0.717) is 11.3 Å². The summed E-state index contributed by atoms with van der Waals surface area (Å²) in [6.45, 7) is -0.00672. The minimum absolute atomic E-state index is 0.0416. The number of H-pyrrole nitrogens is 1. The Morgan fingerprint density at radius 1 is 1.33 bits per heavy atom. The molecule has 0 atom stereocenters. The van der Waals surface area contributed by atoms with Crippen molar-refractivity contribution >= 4 is 5.91 Å². The van der Waals surface area contributed by atoms with Crippen LogP contribution in [0.2, 0.25) is 0 Å². The first-order chi connectivity index (χ1) is 14.1. The zero-order valence-electron chi connectivity index (χ0n) is 16.1. The number of carbonyl (C=O) groups excluding carboxylic acids is 1. The van der Waals surface area contributed by atoms with Crippen molar-refractivity contribution in [2.75, 3.05) is 6.54 Å². The molecule has 1 aromatic carbocycles. The zero-order chi connectivity index (χ0) is 21.9. The highest BCUT2D eigenvalue weighted by atomic mass is 19.3. The normalized spacial score (nSPS) is 11.5. The molecule has 0 aliphatic rings. The second-order valence-electron chi connectivity index (χ2n) is 7.01. The van der Waals surface area contributed by atoms with Gasteiger partial charge in [0.25, 0.3) is 11.5 Å². The van der Waals surface area contributed by atoms with Crippen LogP contribution in [0.3, 0.4) is 0 Å². The van der Waals surface area contributed by atoms with Gasteiger partial charge < -0.3 is 15.2 Å². The number of aliphatic hydroxyl groups is 1. The van der Waals surface area contributed by atoms with Crippen LogP contribution >= 0.6 is 0 Å². The van der Waals surface area contributed by atoms with Gasteiger partial charge in [-0.3, -0.25) is 14.7 Å². The zero-order valence-corrected chi connectivity index (χ0v) is 16.1. The maximum Gasteiger partial charge on any atom is 0.387 e. The lowest BCUT2D eigenvalue weighted by molar-refractivity contribution is -0.0498. The Kier molecular flexibility index (Phi) is 5.92. The summed E-state index contributed by atoms with van der Waals surface area (Å²) in [5.74, 6) is -0.735. The summed E-state index contributed by atoms with van der Waals surface area (Å²) in [7, 11) is 0. The molecule has 3 rings (SSSR count). The minimum atomic E-state index is -2.96. The van der Waals surface area contributed by atoms with Gasteiger partial charge in [-0.25, -0.2) is 0 Å². The third kappa shape index (κ3) is 5.06. The van der Waals surface area contributed by atoms with Crippen LogP contribution in [0.15, 0.2) is 47.5 Å². The van der Waals surface area contributed by atoms with Crippen molar-refractivity contribution < 1.29 is 23.4 Å². The second kappa shape index (κ2) is 8.41. The maximum absolute atomic E-state index is 12.8. The van der Waals surface area contributed by atoms with Gasteiger partial charge in [0.2, 0.25) is 0 Å². The van der Waals surface area contributed by atoms with E-state index >= 15 is 0 Å². The molecule has 0 radical (unpaired) electrons. The van der Waals surface area contributed by atoms with Crippen molar-refractivity contribution in [3.8, 4) is 22.7 Å². The topological polar surface area (TPSA) is 122 Å². The van der Waals surface area contributed by atoms with E-state index in [0.717, 1.165) is 4.68 Å². The summed E-state index contributed by atoms with van der Waals surface area (Å²) in [6, 6.07) is 6.89. The molecule has 0 saturated heterocycles. The molecular weight excluding hydrogens is 400 g/mol. The SMILES string of the molecule is CC(C)(O)CNC(=O)c1cc(-c2ccc(OC(F)F)cc2)nn(-c2cn[nH]c2)c1=O. The fraction of sp³-hybridized carbons (Fsp3) is 0.263. The number of hydrogen-bond donors (Lipinski definition) is 3. The number of aromatic nitrogens is 4. The van der Waals surface area contributed by atoms with Gasteiger partial charge in [-0.2, -0.15) is 23.7 Å². The number of halogens is 2. The number of benzene rings is 1. The summed E-state index contributed by atoms with van der Waals surface area (Å²) in [4.78, 5) is 25.4. The molecule has 11 heteroatoms. The van der Waals surface area contributed by atoms with Gasteiger partial charge in [0, 0.05) is 18.3 Å². The third-order valence-electron chi connectivity index (χ3n) is 3.94. The van der Waals surface area contributed by atoms with Gasteiger partial charge in [-0.1, -0.05) is 0 Å². The molecule has 158 valence electrons. The van der Waals surface area contributed by atoms with Crippen molar-refractivity contribution in [1.82, 2.24) is 25.3 Å². The average Bonchev–Trinajstić information content (AvgIpc) is 3.20. The molecule has 0 bridgehead atoms. The molecule has 9 nitrogen and oxygen atoms in total. The molecule has 0 aliphatic heterocycles. The Balaban J connectivity index is 2.04. The molecule has 2 aromatic heterocycles. The largest absolute Gasteiger partial charge is 0.435 e. The number of aromatic amines is 1. The van der Waals surface area contributed by atoms with Crippen LogP contribution in [0.4, 0.5) is 8.78 Å². The summed E-state index contributed by atoms with van der Waals surface area (Å²) in [5.41, 5.74) is -1.06. The number of hydrogen-bond acceptors (Lipinski definition) is 6. The summed E-state index contributed by atoms with van der Waals surface area (Å²) >= 11 is 0. The standard InChI is InChI=1S/C19H19F2N5O4/c1-19(2,29)10-22-16(27)14-7-15(11-3-5-13(6-4-11)30-18(20)21)25-26(17(14)28)12-8-23-24-9-12/h3-9,18,29H,10H2,1-2H3,(H,22,27)(H,23,24). The predicted molar refractivity (Wildman–Crippen MR) is 103 cm³/mol. The number of nitrogens with one attached hydrogen (secondary N) is 2. The van der Waals surface area contributed by atoms with Crippen LogP contribution in [-0.4, -0.2) is 49.7 Å².